The molecule has 100 valence electrons. The van der Waals surface area contributed by atoms with E-state index < -0.39 is 0 Å². The first-order chi connectivity index (χ1) is 9.63. The summed E-state index contributed by atoms with van der Waals surface area (Å²) in [6, 6.07) is 10.9. The zero-order chi connectivity index (χ0) is 14.1. The minimum atomic E-state index is -0.369. The molecule has 0 bridgehead atoms. The van der Waals surface area contributed by atoms with Gasteiger partial charge in [0.1, 0.15) is 5.82 Å². The maximum absolute atomic E-state index is 13.2. The third-order valence-electron chi connectivity index (χ3n) is 2.67. The molecule has 2 aromatic carbocycles. The van der Waals surface area contributed by atoms with Crippen LogP contribution in [0.5, 0.6) is 0 Å². The van der Waals surface area contributed by atoms with Crippen LogP contribution in [-0.2, 0) is 0 Å². The Kier molecular flexibility index (Phi) is 3.42. The predicted molar refractivity (Wildman–Crippen MR) is 75.1 cm³/mol. The van der Waals surface area contributed by atoms with Crippen molar-refractivity contribution in [2.75, 3.05) is 0 Å². The van der Waals surface area contributed by atoms with E-state index in [9.17, 15) is 4.39 Å². The van der Waals surface area contributed by atoms with Gasteiger partial charge in [0.05, 0.1) is 5.02 Å². The Morgan fingerprint density at radius 3 is 2.65 bits per heavy atom. The number of hydrogen-bond donors (Lipinski definition) is 0. The minimum absolute atomic E-state index is 0.227. The van der Waals surface area contributed by atoms with Crippen LogP contribution in [-0.4, -0.2) is 10.1 Å². The van der Waals surface area contributed by atoms with Crippen LogP contribution in [0, 0.1) is 5.82 Å². The quantitative estimate of drug-likeness (QED) is 0.679. The summed E-state index contributed by atoms with van der Waals surface area (Å²) in [4.78, 5) is 4.21. The van der Waals surface area contributed by atoms with Crippen LogP contribution in [0.2, 0.25) is 10.0 Å². The largest absolute Gasteiger partial charge is 0.334 e. The van der Waals surface area contributed by atoms with E-state index in [-0.39, 0.29) is 11.7 Å². The Morgan fingerprint density at radius 1 is 1.05 bits per heavy atom. The second-order valence-corrected chi connectivity index (χ2v) is 4.90. The number of halogens is 3. The first-order valence-electron chi connectivity index (χ1n) is 5.68. The Bertz CT molecular complexity index is 773. The van der Waals surface area contributed by atoms with Gasteiger partial charge in [-0.15, -0.1) is 0 Å². The molecular weight excluding hydrogens is 302 g/mol. The molecule has 0 spiro atoms. The number of aromatic nitrogens is 2. The Hall–Kier alpha value is -1.91. The molecule has 3 rings (SSSR count). The second kappa shape index (κ2) is 5.23. The van der Waals surface area contributed by atoms with Crippen LogP contribution in [0.25, 0.3) is 22.8 Å². The van der Waals surface area contributed by atoms with Crippen molar-refractivity contribution in [2.24, 2.45) is 0 Å². The lowest BCUT2D eigenvalue weighted by Gasteiger charge is -1.98. The fraction of sp³-hybridized carbons (Fsp3) is 0. The summed E-state index contributed by atoms with van der Waals surface area (Å²) in [5.41, 5.74) is 1.11. The van der Waals surface area contributed by atoms with Gasteiger partial charge in [-0.25, -0.2) is 4.39 Å². The zero-order valence-electron chi connectivity index (χ0n) is 9.98. The van der Waals surface area contributed by atoms with E-state index in [0.717, 1.165) is 0 Å². The molecule has 0 N–H and O–H groups in total. The van der Waals surface area contributed by atoms with Crippen molar-refractivity contribution in [1.29, 1.82) is 0 Å². The summed E-state index contributed by atoms with van der Waals surface area (Å²) in [6.45, 7) is 0. The SMILES string of the molecule is Fc1cccc(-c2nc(-c3ccc(Cl)cc3Cl)no2)c1. The van der Waals surface area contributed by atoms with Gasteiger partial charge in [-0.1, -0.05) is 34.4 Å². The van der Waals surface area contributed by atoms with E-state index in [1.165, 1.54) is 12.1 Å². The standard InChI is InChI=1S/C14H7Cl2FN2O/c15-9-4-5-11(12(16)7-9)13-18-14(20-19-13)8-2-1-3-10(17)6-8/h1-7H. The summed E-state index contributed by atoms with van der Waals surface area (Å²) in [6.07, 6.45) is 0. The summed E-state index contributed by atoms with van der Waals surface area (Å²) in [7, 11) is 0. The van der Waals surface area contributed by atoms with Crippen molar-refractivity contribution < 1.29 is 8.91 Å². The third kappa shape index (κ3) is 2.53. The first-order valence-corrected chi connectivity index (χ1v) is 6.44. The highest BCUT2D eigenvalue weighted by molar-refractivity contribution is 6.36. The fourth-order valence-electron chi connectivity index (χ4n) is 1.74. The first kappa shape index (κ1) is 13.1. The maximum Gasteiger partial charge on any atom is 0.258 e. The zero-order valence-corrected chi connectivity index (χ0v) is 11.5. The van der Waals surface area contributed by atoms with Crippen LogP contribution in [0.15, 0.2) is 47.0 Å². The number of hydrogen-bond acceptors (Lipinski definition) is 3. The van der Waals surface area contributed by atoms with E-state index in [1.54, 1.807) is 30.3 Å². The van der Waals surface area contributed by atoms with E-state index in [4.69, 9.17) is 27.7 Å². The highest BCUT2D eigenvalue weighted by Crippen LogP contribution is 2.30. The van der Waals surface area contributed by atoms with Gasteiger partial charge in [-0.05, 0) is 36.4 Å². The lowest BCUT2D eigenvalue weighted by atomic mass is 10.2. The van der Waals surface area contributed by atoms with Gasteiger partial charge in [0.2, 0.25) is 5.82 Å². The van der Waals surface area contributed by atoms with Crippen LogP contribution >= 0.6 is 23.2 Å². The Labute approximate surface area is 124 Å². The topological polar surface area (TPSA) is 38.9 Å². The fourth-order valence-corrected chi connectivity index (χ4v) is 2.24. The van der Waals surface area contributed by atoms with Crippen LogP contribution in [0.3, 0.4) is 0 Å². The van der Waals surface area contributed by atoms with Crippen molar-refractivity contribution in [3.63, 3.8) is 0 Å². The van der Waals surface area contributed by atoms with E-state index in [0.29, 0.717) is 27.0 Å². The van der Waals surface area contributed by atoms with Crippen molar-refractivity contribution in [2.45, 2.75) is 0 Å². The van der Waals surface area contributed by atoms with Crippen LogP contribution in [0.1, 0.15) is 0 Å². The predicted octanol–water partition coefficient (Wildman–Crippen LogP) is 4.85. The van der Waals surface area contributed by atoms with Crippen molar-refractivity contribution in [3.8, 4) is 22.8 Å². The summed E-state index contributed by atoms with van der Waals surface area (Å²) < 4.78 is 18.3. The van der Waals surface area contributed by atoms with Gasteiger partial charge < -0.3 is 4.52 Å². The highest BCUT2D eigenvalue weighted by atomic mass is 35.5. The molecule has 0 saturated heterocycles. The van der Waals surface area contributed by atoms with Gasteiger partial charge in [0.15, 0.2) is 0 Å². The minimum Gasteiger partial charge on any atom is -0.334 e. The molecule has 0 amide bonds. The lowest BCUT2D eigenvalue weighted by Crippen LogP contribution is -1.83. The van der Waals surface area contributed by atoms with Crippen LogP contribution < -0.4 is 0 Å². The average Bonchev–Trinajstić information content (AvgIpc) is 2.88. The molecule has 0 aliphatic heterocycles. The normalized spacial score (nSPS) is 10.8. The Balaban J connectivity index is 2.02. The number of nitrogens with zero attached hydrogens (tertiary/aromatic N) is 2. The van der Waals surface area contributed by atoms with Crippen LogP contribution in [0.4, 0.5) is 4.39 Å². The van der Waals surface area contributed by atoms with Gasteiger partial charge in [0.25, 0.3) is 5.89 Å². The number of rotatable bonds is 2. The van der Waals surface area contributed by atoms with Crippen molar-refractivity contribution in [3.05, 3.63) is 58.3 Å². The summed E-state index contributed by atoms with van der Waals surface area (Å²) in [5, 5.41) is 4.79. The molecule has 20 heavy (non-hydrogen) atoms. The molecule has 3 nitrogen and oxygen atoms in total. The number of benzene rings is 2. The van der Waals surface area contributed by atoms with E-state index in [2.05, 4.69) is 10.1 Å². The van der Waals surface area contributed by atoms with Crippen molar-refractivity contribution in [1.82, 2.24) is 10.1 Å². The van der Waals surface area contributed by atoms with Gasteiger partial charge in [-0.3, -0.25) is 0 Å². The molecule has 1 aromatic heterocycles. The van der Waals surface area contributed by atoms with E-state index >= 15 is 0 Å². The monoisotopic (exact) mass is 308 g/mol. The summed E-state index contributed by atoms with van der Waals surface area (Å²) >= 11 is 11.9. The molecule has 0 unspecified atom stereocenters. The molecule has 1 heterocycles. The molecule has 0 fully saturated rings. The Morgan fingerprint density at radius 2 is 1.90 bits per heavy atom. The van der Waals surface area contributed by atoms with Gasteiger partial charge in [0, 0.05) is 16.1 Å². The molecule has 0 radical (unpaired) electrons. The molecule has 6 heteroatoms. The van der Waals surface area contributed by atoms with Gasteiger partial charge >= 0.3 is 0 Å². The highest BCUT2D eigenvalue weighted by Gasteiger charge is 2.13. The molecule has 0 saturated carbocycles. The second-order valence-electron chi connectivity index (χ2n) is 4.06. The third-order valence-corrected chi connectivity index (χ3v) is 3.22. The molecular formula is C14H7Cl2FN2O. The smallest absolute Gasteiger partial charge is 0.258 e. The van der Waals surface area contributed by atoms with Gasteiger partial charge in [-0.2, -0.15) is 4.98 Å². The summed E-state index contributed by atoms with van der Waals surface area (Å²) in [5.74, 6) is 0.184. The molecule has 3 aromatic rings. The molecule has 0 aliphatic rings. The average molecular weight is 309 g/mol. The van der Waals surface area contributed by atoms with E-state index in [1.807, 2.05) is 0 Å². The van der Waals surface area contributed by atoms with Crippen molar-refractivity contribution >= 4 is 23.2 Å². The lowest BCUT2D eigenvalue weighted by molar-refractivity contribution is 0.432. The maximum atomic E-state index is 13.2. The molecule has 0 aliphatic carbocycles. The molecule has 0 atom stereocenters.